The third-order valence-corrected chi connectivity index (χ3v) is 7.47. The van der Waals surface area contributed by atoms with Crippen LogP contribution in [-0.2, 0) is 11.2 Å². The molecule has 1 aromatic carbocycles. The highest BCUT2D eigenvalue weighted by molar-refractivity contribution is 6.30. The molecule has 4 aliphatic carbocycles. The number of hydrogen-bond donors (Lipinski definition) is 2. The van der Waals surface area contributed by atoms with Gasteiger partial charge >= 0.3 is 0 Å². The number of aromatic hydroxyl groups is 1. The zero-order valence-electron chi connectivity index (χ0n) is 16.0. The molecule has 1 aliphatic heterocycles. The number of allylic oxidation sites excluding steroid dienone is 1. The maximum atomic E-state index is 12.4. The molecule has 4 bridgehead atoms. The van der Waals surface area contributed by atoms with Crippen LogP contribution < -0.4 is 5.32 Å². The van der Waals surface area contributed by atoms with Crippen LogP contribution in [0.5, 0.6) is 5.75 Å². The number of nitrogens with one attached hydrogen (secondary N) is 1. The van der Waals surface area contributed by atoms with Gasteiger partial charge in [-0.25, -0.2) is 0 Å². The van der Waals surface area contributed by atoms with Crippen LogP contribution in [0.15, 0.2) is 42.2 Å². The first-order valence-electron chi connectivity index (χ1n) is 10.4. The van der Waals surface area contributed by atoms with Gasteiger partial charge in [-0.15, -0.1) is 0 Å². The lowest BCUT2D eigenvalue weighted by Crippen LogP contribution is -2.58. The summed E-state index contributed by atoms with van der Waals surface area (Å²) >= 11 is 5.97. The van der Waals surface area contributed by atoms with E-state index in [1.54, 1.807) is 12.1 Å². The lowest BCUT2D eigenvalue weighted by atomic mass is 9.52. The number of amides is 1. The molecular formula is C23H27ClN2O2. The number of carbonyl (C=O) groups excluding carboxylic acids is 1. The third kappa shape index (κ3) is 3.32. The van der Waals surface area contributed by atoms with Crippen molar-refractivity contribution in [2.24, 2.45) is 17.8 Å². The molecule has 148 valence electrons. The van der Waals surface area contributed by atoms with Crippen LogP contribution in [-0.4, -0.2) is 28.0 Å². The van der Waals surface area contributed by atoms with E-state index < -0.39 is 0 Å². The Balaban J connectivity index is 1.22. The van der Waals surface area contributed by atoms with E-state index in [0.717, 1.165) is 30.0 Å². The van der Waals surface area contributed by atoms with E-state index in [0.29, 0.717) is 16.1 Å². The number of benzene rings is 1. The van der Waals surface area contributed by atoms with Crippen LogP contribution in [0.3, 0.4) is 0 Å². The molecule has 28 heavy (non-hydrogen) atoms. The van der Waals surface area contributed by atoms with Crippen molar-refractivity contribution in [3.63, 3.8) is 0 Å². The highest BCUT2D eigenvalue weighted by Gasteiger charge is 2.53. The van der Waals surface area contributed by atoms with Gasteiger partial charge in [0.15, 0.2) is 0 Å². The lowest BCUT2D eigenvalue weighted by molar-refractivity contribution is -0.119. The fourth-order valence-electron chi connectivity index (χ4n) is 6.43. The highest BCUT2D eigenvalue weighted by atomic mass is 35.5. The summed E-state index contributed by atoms with van der Waals surface area (Å²) in [6, 6.07) is 4.77. The predicted octanol–water partition coefficient (Wildman–Crippen LogP) is 4.39. The van der Waals surface area contributed by atoms with Crippen molar-refractivity contribution in [3.8, 4) is 5.75 Å². The van der Waals surface area contributed by atoms with Crippen LogP contribution in [0, 0.1) is 17.8 Å². The Morgan fingerprint density at radius 1 is 1.18 bits per heavy atom. The highest BCUT2D eigenvalue weighted by Crippen LogP contribution is 2.58. The fraction of sp³-hybridized carbons (Fsp3) is 0.522. The Labute approximate surface area is 171 Å². The average molecular weight is 399 g/mol. The van der Waals surface area contributed by atoms with Crippen LogP contribution in [0.1, 0.15) is 44.1 Å². The molecule has 6 rings (SSSR count). The molecular weight excluding hydrogens is 372 g/mol. The topological polar surface area (TPSA) is 52.6 Å². The summed E-state index contributed by atoms with van der Waals surface area (Å²) in [5.41, 5.74) is 1.73. The molecule has 1 heterocycles. The summed E-state index contributed by atoms with van der Waals surface area (Å²) in [7, 11) is 0. The van der Waals surface area contributed by atoms with Crippen LogP contribution in [0.2, 0.25) is 5.02 Å². The molecule has 5 heteroatoms. The van der Waals surface area contributed by atoms with Crippen LogP contribution >= 0.6 is 11.6 Å². The van der Waals surface area contributed by atoms with E-state index in [-0.39, 0.29) is 18.1 Å². The smallest absolute Gasteiger partial charge is 0.228 e. The maximum absolute atomic E-state index is 12.4. The van der Waals surface area contributed by atoms with Gasteiger partial charge in [0, 0.05) is 34.6 Å². The van der Waals surface area contributed by atoms with Crippen LogP contribution in [0.4, 0.5) is 0 Å². The molecule has 0 spiro atoms. The SMILES string of the molecule is O=C(Cc1cc(Cl)ccc1O)NC1=CCN(C23CC4CC(CC(C4)C2)C3)C=C1. The van der Waals surface area contributed by atoms with E-state index in [1.807, 2.05) is 6.08 Å². The Kier molecular flexibility index (Phi) is 4.42. The molecule has 0 aromatic heterocycles. The van der Waals surface area contributed by atoms with E-state index in [4.69, 9.17) is 11.6 Å². The first-order chi connectivity index (χ1) is 13.5. The zero-order chi connectivity index (χ0) is 19.3. The molecule has 1 aromatic rings. The molecule has 0 saturated heterocycles. The van der Waals surface area contributed by atoms with E-state index in [1.165, 1.54) is 44.6 Å². The molecule has 0 radical (unpaired) electrons. The number of phenolic OH excluding ortho intramolecular Hbond substituents is 1. The minimum Gasteiger partial charge on any atom is -0.508 e. The van der Waals surface area contributed by atoms with Gasteiger partial charge in [0.1, 0.15) is 5.75 Å². The number of hydrogen-bond acceptors (Lipinski definition) is 3. The van der Waals surface area contributed by atoms with Crippen molar-refractivity contribution in [2.75, 3.05) is 6.54 Å². The zero-order valence-corrected chi connectivity index (χ0v) is 16.8. The summed E-state index contributed by atoms with van der Waals surface area (Å²) in [4.78, 5) is 14.9. The van der Waals surface area contributed by atoms with E-state index in [9.17, 15) is 9.90 Å². The Bertz CT molecular complexity index is 825. The first-order valence-corrected chi connectivity index (χ1v) is 10.8. The number of rotatable bonds is 4. The minimum absolute atomic E-state index is 0.0979. The van der Waals surface area contributed by atoms with Crippen molar-refractivity contribution in [3.05, 3.63) is 52.8 Å². The molecule has 4 fully saturated rings. The number of carbonyl (C=O) groups is 1. The summed E-state index contributed by atoms with van der Waals surface area (Å²) in [5, 5.41) is 13.4. The first kappa shape index (κ1) is 18.1. The predicted molar refractivity (Wildman–Crippen MR) is 110 cm³/mol. The van der Waals surface area contributed by atoms with Crippen molar-refractivity contribution in [1.82, 2.24) is 10.2 Å². The quantitative estimate of drug-likeness (QED) is 0.791. The Hall–Kier alpha value is -1.94. The standard InChI is InChI=1S/C23H27ClN2O2/c24-19-1-2-21(27)18(10-19)11-22(28)25-20-3-5-26(6-4-20)23-12-15-7-16(13-23)9-17(8-15)14-23/h1-5,10,15-17,27H,6-9,11-14H2,(H,25,28). The Morgan fingerprint density at radius 3 is 2.46 bits per heavy atom. The van der Waals surface area contributed by atoms with E-state index >= 15 is 0 Å². The largest absolute Gasteiger partial charge is 0.508 e. The maximum Gasteiger partial charge on any atom is 0.228 e. The minimum atomic E-state index is -0.142. The molecule has 1 amide bonds. The van der Waals surface area contributed by atoms with Gasteiger partial charge in [0.25, 0.3) is 0 Å². The van der Waals surface area contributed by atoms with Crippen molar-refractivity contribution >= 4 is 17.5 Å². The molecule has 4 saturated carbocycles. The molecule has 5 aliphatic rings. The summed E-state index contributed by atoms with van der Waals surface area (Å²) < 4.78 is 0. The van der Waals surface area contributed by atoms with Gasteiger partial charge in [0.2, 0.25) is 5.91 Å². The van der Waals surface area contributed by atoms with Crippen molar-refractivity contribution in [2.45, 2.75) is 50.5 Å². The summed E-state index contributed by atoms with van der Waals surface area (Å²) in [6.45, 7) is 0.862. The summed E-state index contributed by atoms with van der Waals surface area (Å²) in [6.07, 6.45) is 14.8. The number of halogens is 1. The van der Waals surface area contributed by atoms with Gasteiger partial charge in [0.05, 0.1) is 6.42 Å². The normalized spacial score (nSPS) is 33.1. The number of phenols is 1. The second-order valence-corrected chi connectivity index (χ2v) is 9.70. The van der Waals surface area contributed by atoms with Gasteiger partial charge in [-0.05, 0) is 86.6 Å². The average Bonchev–Trinajstić information content (AvgIpc) is 2.64. The van der Waals surface area contributed by atoms with Crippen molar-refractivity contribution in [1.29, 1.82) is 0 Å². The molecule has 0 unspecified atom stereocenters. The molecule has 0 atom stereocenters. The number of nitrogens with zero attached hydrogens (tertiary/aromatic N) is 1. The van der Waals surface area contributed by atoms with Crippen LogP contribution in [0.25, 0.3) is 0 Å². The monoisotopic (exact) mass is 398 g/mol. The van der Waals surface area contributed by atoms with Gasteiger partial charge in [-0.1, -0.05) is 11.6 Å². The fourth-order valence-corrected chi connectivity index (χ4v) is 6.63. The molecule has 2 N–H and O–H groups in total. The molecule has 4 nitrogen and oxygen atoms in total. The summed E-state index contributed by atoms with van der Waals surface area (Å²) in [5.74, 6) is 2.73. The van der Waals surface area contributed by atoms with Gasteiger partial charge < -0.3 is 15.3 Å². The lowest BCUT2D eigenvalue weighted by Gasteiger charge is -2.60. The van der Waals surface area contributed by atoms with E-state index in [2.05, 4.69) is 22.5 Å². The van der Waals surface area contributed by atoms with Gasteiger partial charge in [-0.2, -0.15) is 0 Å². The Morgan fingerprint density at radius 2 is 1.86 bits per heavy atom. The third-order valence-electron chi connectivity index (χ3n) is 7.23. The second kappa shape index (κ2) is 6.84. The van der Waals surface area contributed by atoms with Gasteiger partial charge in [-0.3, -0.25) is 4.79 Å². The second-order valence-electron chi connectivity index (χ2n) is 9.27. The van der Waals surface area contributed by atoms with Crippen molar-refractivity contribution < 1.29 is 9.90 Å².